The van der Waals surface area contributed by atoms with Crippen molar-refractivity contribution in [3.8, 4) is 0 Å². The van der Waals surface area contributed by atoms with Crippen molar-refractivity contribution in [2.45, 2.75) is 38.8 Å². The van der Waals surface area contributed by atoms with E-state index in [0.29, 0.717) is 18.1 Å². The topological polar surface area (TPSA) is 77.2 Å². The second-order valence-electron chi connectivity index (χ2n) is 6.08. The normalized spacial score (nSPS) is 13.1. The molecule has 0 radical (unpaired) electrons. The van der Waals surface area contributed by atoms with Gasteiger partial charge in [0.25, 0.3) is 0 Å². The first kappa shape index (κ1) is 17.0. The fourth-order valence-corrected chi connectivity index (χ4v) is 3.16. The molecule has 1 amide bonds. The summed E-state index contributed by atoms with van der Waals surface area (Å²) in [5.41, 5.74) is 6.42. The molecule has 22 heavy (non-hydrogen) atoms. The third kappa shape index (κ3) is 5.12. The number of carbonyl (C=O) groups is 1. The van der Waals surface area contributed by atoms with Crippen LogP contribution in [0, 0.1) is 0 Å². The molecule has 0 saturated carbocycles. The van der Waals surface area contributed by atoms with Crippen LogP contribution >= 0.6 is 22.9 Å². The zero-order valence-corrected chi connectivity index (χ0v) is 14.4. The molecule has 2 heterocycles. The molecule has 0 spiro atoms. The molecular weight excluding hydrogens is 322 g/mol. The Morgan fingerprint density at radius 2 is 2.23 bits per heavy atom. The number of nitrogens with two attached hydrogens (primary N) is 1. The van der Waals surface area contributed by atoms with Crippen LogP contribution in [-0.2, 0) is 11.2 Å². The van der Waals surface area contributed by atoms with E-state index in [1.54, 1.807) is 17.4 Å². The highest BCUT2D eigenvalue weighted by Gasteiger charge is 2.17. The summed E-state index contributed by atoms with van der Waals surface area (Å²) >= 11 is 7.51. The van der Waals surface area contributed by atoms with Crippen molar-refractivity contribution in [2.24, 2.45) is 5.73 Å². The number of nitrogens with zero attached hydrogens (tertiary/aromatic N) is 1. The second-order valence-corrected chi connectivity index (χ2v) is 7.63. The van der Waals surface area contributed by atoms with Crippen LogP contribution in [0.1, 0.15) is 25.6 Å². The average Bonchev–Trinajstić information content (AvgIpc) is 2.75. The molecule has 7 heteroatoms. The molecule has 1 unspecified atom stereocenters. The number of fused-ring (bicyclic) bond motifs is 1. The Kier molecular flexibility index (Phi) is 5.26. The number of hydrogen-bond donors (Lipinski definition) is 2. The lowest BCUT2D eigenvalue weighted by Gasteiger charge is -2.20. The molecule has 2 aromatic heterocycles. The number of rotatable bonds is 4. The molecule has 2 rings (SSSR count). The van der Waals surface area contributed by atoms with Crippen LogP contribution < -0.4 is 11.1 Å². The van der Waals surface area contributed by atoms with Gasteiger partial charge in [0.15, 0.2) is 0 Å². The van der Waals surface area contributed by atoms with Gasteiger partial charge in [-0.15, -0.1) is 11.3 Å². The van der Waals surface area contributed by atoms with Gasteiger partial charge < -0.3 is 15.8 Å². The molecule has 1 atom stereocenters. The molecule has 0 aliphatic rings. The number of amides is 1. The summed E-state index contributed by atoms with van der Waals surface area (Å²) in [5, 5.41) is 3.16. The fraction of sp³-hybridized carbons (Fsp3) is 0.467. The first-order valence-electron chi connectivity index (χ1n) is 7.00. The summed E-state index contributed by atoms with van der Waals surface area (Å²) < 4.78 is 6.25. The van der Waals surface area contributed by atoms with Gasteiger partial charge in [0, 0.05) is 17.5 Å². The quantitative estimate of drug-likeness (QED) is 0.836. The van der Waals surface area contributed by atoms with E-state index in [9.17, 15) is 4.79 Å². The number of thiophene rings is 1. The summed E-state index contributed by atoms with van der Waals surface area (Å²) in [4.78, 5) is 17.0. The van der Waals surface area contributed by atoms with Gasteiger partial charge in [0.2, 0.25) is 0 Å². The number of pyridine rings is 1. The predicted molar refractivity (Wildman–Crippen MR) is 90.5 cm³/mol. The Labute approximate surface area is 138 Å². The lowest BCUT2D eigenvalue weighted by atomic mass is 10.2. The van der Waals surface area contributed by atoms with Crippen molar-refractivity contribution in [3.05, 3.63) is 28.2 Å². The van der Waals surface area contributed by atoms with Gasteiger partial charge in [0.1, 0.15) is 10.8 Å². The minimum absolute atomic E-state index is 0.184. The van der Waals surface area contributed by atoms with Gasteiger partial charge >= 0.3 is 6.09 Å². The first-order valence-corrected chi connectivity index (χ1v) is 8.20. The zero-order valence-electron chi connectivity index (χ0n) is 12.9. The summed E-state index contributed by atoms with van der Waals surface area (Å²) in [6.45, 7) is 5.82. The minimum atomic E-state index is -0.509. The zero-order chi connectivity index (χ0) is 16.3. The molecule has 0 aromatic carbocycles. The summed E-state index contributed by atoms with van der Waals surface area (Å²) in [6.07, 6.45) is 0.210. The Hall–Kier alpha value is -1.37. The lowest BCUT2D eigenvalue weighted by Crippen LogP contribution is -2.40. The van der Waals surface area contributed by atoms with E-state index in [0.717, 1.165) is 15.1 Å². The van der Waals surface area contributed by atoms with E-state index >= 15 is 0 Å². The van der Waals surface area contributed by atoms with Crippen molar-refractivity contribution in [1.29, 1.82) is 0 Å². The molecule has 0 bridgehead atoms. The molecule has 120 valence electrons. The molecule has 2 aromatic rings. The second kappa shape index (κ2) is 6.81. The van der Waals surface area contributed by atoms with E-state index in [4.69, 9.17) is 22.1 Å². The van der Waals surface area contributed by atoms with Crippen LogP contribution in [0.3, 0.4) is 0 Å². The highest BCUT2D eigenvalue weighted by molar-refractivity contribution is 7.19. The van der Waals surface area contributed by atoms with Crippen LogP contribution in [0.25, 0.3) is 10.2 Å². The number of hydrogen-bond acceptors (Lipinski definition) is 5. The molecule has 5 nitrogen and oxygen atoms in total. The van der Waals surface area contributed by atoms with Gasteiger partial charge in [-0.3, -0.25) is 0 Å². The maximum absolute atomic E-state index is 11.6. The van der Waals surface area contributed by atoms with Crippen LogP contribution in [0.2, 0.25) is 5.15 Å². The number of alkyl carbamates (subject to hydrolysis) is 1. The minimum Gasteiger partial charge on any atom is -0.444 e. The van der Waals surface area contributed by atoms with E-state index in [1.807, 2.05) is 32.9 Å². The molecule has 3 N–H and O–H groups in total. The molecule has 0 aliphatic heterocycles. The van der Waals surface area contributed by atoms with Crippen molar-refractivity contribution >= 4 is 39.2 Å². The SMILES string of the molecule is CC(C)(C)OC(=O)NCC(N)Cc1cc2nc(Cl)ccc2s1. The molecule has 0 saturated heterocycles. The Morgan fingerprint density at radius 1 is 1.50 bits per heavy atom. The Bertz CT molecular complexity index is 666. The third-order valence-electron chi connectivity index (χ3n) is 2.76. The van der Waals surface area contributed by atoms with E-state index in [-0.39, 0.29) is 6.04 Å². The van der Waals surface area contributed by atoms with Crippen molar-refractivity contribution in [2.75, 3.05) is 6.54 Å². The maximum Gasteiger partial charge on any atom is 0.407 e. The fourth-order valence-electron chi connectivity index (χ4n) is 1.91. The van der Waals surface area contributed by atoms with Crippen molar-refractivity contribution in [1.82, 2.24) is 10.3 Å². The van der Waals surface area contributed by atoms with E-state index in [1.165, 1.54) is 0 Å². The lowest BCUT2D eigenvalue weighted by molar-refractivity contribution is 0.0524. The van der Waals surface area contributed by atoms with Gasteiger partial charge in [-0.05, 0) is 45.4 Å². The highest BCUT2D eigenvalue weighted by atomic mass is 35.5. The average molecular weight is 342 g/mol. The number of carbonyl (C=O) groups excluding carboxylic acids is 1. The summed E-state index contributed by atoms with van der Waals surface area (Å²) in [5.74, 6) is 0. The Balaban J connectivity index is 1.88. The van der Waals surface area contributed by atoms with Gasteiger partial charge in [-0.2, -0.15) is 0 Å². The van der Waals surface area contributed by atoms with Crippen molar-refractivity contribution < 1.29 is 9.53 Å². The van der Waals surface area contributed by atoms with E-state index in [2.05, 4.69) is 10.3 Å². The van der Waals surface area contributed by atoms with Crippen LogP contribution in [0.15, 0.2) is 18.2 Å². The van der Waals surface area contributed by atoms with Gasteiger partial charge in [-0.25, -0.2) is 9.78 Å². The highest BCUT2D eigenvalue weighted by Crippen LogP contribution is 2.26. The number of halogens is 1. The largest absolute Gasteiger partial charge is 0.444 e. The summed E-state index contributed by atoms with van der Waals surface area (Å²) in [7, 11) is 0. The van der Waals surface area contributed by atoms with Crippen LogP contribution in [-0.4, -0.2) is 29.3 Å². The van der Waals surface area contributed by atoms with Gasteiger partial charge in [-0.1, -0.05) is 11.6 Å². The Morgan fingerprint density at radius 3 is 2.91 bits per heavy atom. The monoisotopic (exact) mass is 341 g/mol. The predicted octanol–water partition coefficient (Wildman–Crippen LogP) is 3.34. The van der Waals surface area contributed by atoms with Gasteiger partial charge in [0.05, 0.1) is 10.2 Å². The number of nitrogens with one attached hydrogen (secondary N) is 1. The van der Waals surface area contributed by atoms with Crippen molar-refractivity contribution in [3.63, 3.8) is 0 Å². The number of ether oxygens (including phenoxy) is 1. The van der Waals surface area contributed by atoms with Crippen LogP contribution in [0.4, 0.5) is 4.79 Å². The first-order chi connectivity index (χ1) is 10.2. The molecule has 0 fully saturated rings. The van der Waals surface area contributed by atoms with Crippen LogP contribution in [0.5, 0.6) is 0 Å². The molecule has 0 aliphatic carbocycles. The molecular formula is C15H20ClN3O2S. The van der Waals surface area contributed by atoms with E-state index < -0.39 is 11.7 Å². The smallest absolute Gasteiger partial charge is 0.407 e. The maximum atomic E-state index is 11.6. The summed E-state index contributed by atoms with van der Waals surface area (Å²) in [6, 6.07) is 5.52. The third-order valence-corrected chi connectivity index (χ3v) is 4.08. The standard InChI is InChI=1S/C15H20ClN3O2S/c1-15(2,3)21-14(20)18-8-9(17)6-10-7-11-12(22-10)4-5-13(16)19-11/h4-5,7,9H,6,8,17H2,1-3H3,(H,18,20). The number of aromatic nitrogens is 1.